The number of anilines is 1. The molecular formula is C23H22N2O6S. The van der Waals surface area contributed by atoms with E-state index in [2.05, 4.69) is 9.71 Å². The highest BCUT2D eigenvalue weighted by Gasteiger charge is 2.21. The fourth-order valence-electron chi connectivity index (χ4n) is 3.33. The van der Waals surface area contributed by atoms with Crippen LogP contribution < -0.4 is 4.72 Å². The molecule has 3 aromatic rings. The molecule has 0 bridgehead atoms. The van der Waals surface area contributed by atoms with Crippen LogP contribution in [0.2, 0.25) is 0 Å². The Morgan fingerprint density at radius 1 is 0.969 bits per heavy atom. The Morgan fingerprint density at radius 2 is 1.59 bits per heavy atom. The molecule has 2 aromatic carbocycles. The number of carbonyl (C=O) groups is 3. The molecule has 0 fully saturated rings. The van der Waals surface area contributed by atoms with Gasteiger partial charge in [-0.05, 0) is 62.7 Å². The highest BCUT2D eigenvalue weighted by molar-refractivity contribution is 7.92. The third-order valence-corrected chi connectivity index (χ3v) is 6.23. The van der Waals surface area contributed by atoms with Crippen molar-refractivity contribution in [2.24, 2.45) is 0 Å². The number of aryl methyl sites for hydroxylation is 1. The molecule has 0 amide bonds. The molecule has 0 atom stereocenters. The van der Waals surface area contributed by atoms with Gasteiger partial charge in [-0.2, -0.15) is 0 Å². The van der Waals surface area contributed by atoms with Gasteiger partial charge in [-0.25, -0.2) is 13.2 Å². The van der Waals surface area contributed by atoms with Crippen molar-refractivity contribution in [1.82, 2.24) is 4.98 Å². The van der Waals surface area contributed by atoms with Gasteiger partial charge in [-0.1, -0.05) is 18.2 Å². The first-order chi connectivity index (χ1) is 15.1. The normalized spacial score (nSPS) is 11.1. The zero-order valence-electron chi connectivity index (χ0n) is 17.8. The van der Waals surface area contributed by atoms with Crippen LogP contribution in [0.4, 0.5) is 5.69 Å². The summed E-state index contributed by atoms with van der Waals surface area (Å²) in [7, 11) is -3.75. The third kappa shape index (κ3) is 4.94. The van der Waals surface area contributed by atoms with Crippen molar-refractivity contribution in [2.75, 3.05) is 11.3 Å². The minimum atomic E-state index is -3.75. The van der Waals surface area contributed by atoms with Gasteiger partial charge < -0.3 is 9.72 Å². The van der Waals surface area contributed by atoms with Gasteiger partial charge in [-0.3, -0.25) is 14.3 Å². The number of H-pyrrole nitrogens is 1. The lowest BCUT2D eigenvalue weighted by Gasteiger charge is -2.09. The van der Waals surface area contributed by atoms with Crippen molar-refractivity contribution in [3.8, 4) is 0 Å². The quantitative estimate of drug-likeness (QED) is 0.395. The Hall–Kier alpha value is -3.72. The summed E-state index contributed by atoms with van der Waals surface area (Å²) >= 11 is 0. The molecule has 0 aliphatic carbocycles. The Bertz CT molecular complexity index is 1280. The zero-order valence-corrected chi connectivity index (χ0v) is 18.6. The maximum Gasteiger partial charge on any atom is 0.338 e. The van der Waals surface area contributed by atoms with E-state index in [1.807, 2.05) is 0 Å². The maximum atomic E-state index is 12.4. The Kier molecular flexibility index (Phi) is 6.59. The summed E-state index contributed by atoms with van der Waals surface area (Å²) in [6.07, 6.45) is 0. The molecule has 1 heterocycles. The van der Waals surface area contributed by atoms with Crippen LogP contribution in [0.25, 0.3) is 0 Å². The molecule has 32 heavy (non-hydrogen) atoms. The van der Waals surface area contributed by atoms with E-state index in [1.165, 1.54) is 43.3 Å². The molecule has 0 aliphatic rings. The summed E-state index contributed by atoms with van der Waals surface area (Å²) in [5, 5.41) is 0. The summed E-state index contributed by atoms with van der Waals surface area (Å²) in [6, 6.07) is 13.5. The first-order valence-corrected chi connectivity index (χ1v) is 11.2. The van der Waals surface area contributed by atoms with E-state index >= 15 is 0 Å². The average Bonchev–Trinajstić information content (AvgIpc) is 3.06. The summed E-state index contributed by atoms with van der Waals surface area (Å²) in [5.41, 5.74) is 2.21. The lowest BCUT2D eigenvalue weighted by atomic mass is 10.1. The third-order valence-electron chi connectivity index (χ3n) is 4.83. The number of hydrogen-bond acceptors (Lipinski definition) is 6. The number of sulfonamides is 1. The van der Waals surface area contributed by atoms with Crippen molar-refractivity contribution in [1.29, 1.82) is 0 Å². The minimum Gasteiger partial charge on any atom is -0.454 e. The maximum absolute atomic E-state index is 12.4. The molecule has 0 unspecified atom stereocenters. The van der Waals surface area contributed by atoms with E-state index in [-0.39, 0.29) is 27.6 Å². The van der Waals surface area contributed by atoms with Crippen molar-refractivity contribution in [3.63, 3.8) is 0 Å². The first-order valence-electron chi connectivity index (χ1n) is 9.68. The Morgan fingerprint density at radius 3 is 2.16 bits per heavy atom. The molecule has 0 radical (unpaired) electrons. The first kappa shape index (κ1) is 23.0. The standard InChI is InChI=1S/C23H22N2O6S/c1-14-21(16(3)26)15(2)24-22(14)20(27)13-31-23(28)17-9-11-18(12-10-17)25-32(29,30)19-7-5-4-6-8-19/h4-12,24-25H,13H2,1-3H3. The SMILES string of the molecule is CC(=O)c1c(C)[nH]c(C(=O)COC(=O)c2ccc(NS(=O)(=O)c3ccccc3)cc2)c1C. The van der Waals surface area contributed by atoms with Crippen molar-refractivity contribution in [3.05, 3.63) is 82.7 Å². The molecule has 8 nitrogen and oxygen atoms in total. The number of rotatable bonds is 8. The smallest absolute Gasteiger partial charge is 0.338 e. The van der Waals surface area contributed by atoms with Gasteiger partial charge >= 0.3 is 5.97 Å². The van der Waals surface area contributed by atoms with Gasteiger partial charge in [0.25, 0.3) is 10.0 Å². The van der Waals surface area contributed by atoms with E-state index < -0.39 is 28.4 Å². The number of Topliss-reactive ketones (excluding diaryl/α,β-unsaturated/α-hetero) is 2. The molecule has 1 aromatic heterocycles. The summed E-state index contributed by atoms with van der Waals surface area (Å²) in [5.74, 6) is -1.35. The van der Waals surface area contributed by atoms with Gasteiger partial charge in [0.2, 0.25) is 5.78 Å². The fraction of sp³-hybridized carbons (Fsp3) is 0.174. The number of nitrogens with one attached hydrogen (secondary N) is 2. The largest absolute Gasteiger partial charge is 0.454 e. The second kappa shape index (κ2) is 9.19. The Balaban J connectivity index is 1.64. The zero-order chi connectivity index (χ0) is 23.5. The molecule has 0 spiro atoms. The van der Waals surface area contributed by atoms with Crippen LogP contribution >= 0.6 is 0 Å². The number of hydrogen-bond donors (Lipinski definition) is 2. The van der Waals surface area contributed by atoms with E-state index in [9.17, 15) is 22.8 Å². The number of benzene rings is 2. The summed E-state index contributed by atoms with van der Waals surface area (Å²) in [4.78, 5) is 39.4. The highest BCUT2D eigenvalue weighted by Crippen LogP contribution is 2.20. The van der Waals surface area contributed by atoms with Gasteiger partial charge in [0.15, 0.2) is 12.4 Å². The fourth-order valence-corrected chi connectivity index (χ4v) is 4.41. The average molecular weight is 455 g/mol. The molecule has 0 saturated carbocycles. The number of aromatic amines is 1. The van der Waals surface area contributed by atoms with Crippen molar-refractivity contribution in [2.45, 2.75) is 25.7 Å². The number of carbonyl (C=O) groups excluding carboxylic acids is 3. The van der Waals surface area contributed by atoms with Crippen molar-refractivity contribution < 1.29 is 27.5 Å². The van der Waals surface area contributed by atoms with E-state index in [4.69, 9.17) is 4.74 Å². The molecule has 9 heteroatoms. The number of aromatic nitrogens is 1. The van der Waals surface area contributed by atoms with Crippen molar-refractivity contribution >= 4 is 33.2 Å². The topological polar surface area (TPSA) is 122 Å². The van der Waals surface area contributed by atoms with Crippen LogP contribution in [0.5, 0.6) is 0 Å². The molecule has 0 aliphatic heterocycles. The van der Waals surface area contributed by atoms with E-state index in [1.54, 1.807) is 32.0 Å². The Labute approximate surface area is 185 Å². The number of ketones is 2. The number of esters is 1. The van der Waals surface area contributed by atoms with Gasteiger partial charge in [-0.15, -0.1) is 0 Å². The van der Waals surface area contributed by atoms with E-state index in [0.717, 1.165) is 0 Å². The minimum absolute atomic E-state index is 0.116. The summed E-state index contributed by atoms with van der Waals surface area (Å²) < 4.78 is 32.2. The lowest BCUT2D eigenvalue weighted by molar-refractivity contribution is 0.0473. The second-order valence-electron chi connectivity index (χ2n) is 7.18. The second-order valence-corrected chi connectivity index (χ2v) is 8.86. The summed E-state index contributed by atoms with van der Waals surface area (Å²) in [6.45, 7) is 4.27. The van der Waals surface area contributed by atoms with Crippen LogP contribution in [0.3, 0.4) is 0 Å². The van der Waals surface area contributed by atoms with Crippen LogP contribution in [-0.4, -0.2) is 37.5 Å². The molecule has 3 rings (SSSR count). The van der Waals surface area contributed by atoms with Gasteiger partial charge in [0.1, 0.15) is 0 Å². The van der Waals surface area contributed by atoms with E-state index in [0.29, 0.717) is 16.8 Å². The highest BCUT2D eigenvalue weighted by atomic mass is 32.2. The van der Waals surface area contributed by atoms with Crippen LogP contribution in [0.1, 0.15) is 49.4 Å². The molecule has 2 N–H and O–H groups in total. The molecule has 166 valence electrons. The predicted octanol–water partition coefficient (Wildman–Crippen LogP) is 3.67. The molecular weight excluding hydrogens is 432 g/mol. The molecule has 0 saturated heterocycles. The van der Waals surface area contributed by atoms with Crippen LogP contribution in [0.15, 0.2) is 59.5 Å². The van der Waals surface area contributed by atoms with Gasteiger partial charge in [0.05, 0.1) is 16.2 Å². The number of ether oxygens (including phenoxy) is 1. The monoisotopic (exact) mass is 454 g/mol. The predicted molar refractivity (Wildman–Crippen MR) is 119 cm³/mol. The van der Waals surface area contributed by atoms with Crippen LogP contribution in [-0.2, 0) is 14.8 Å². The van der Waals surface area contributed by atoms with Crippen LogP contribution in [0, 0.1) is 13.8 Å². The van der Waals surface area contributed by atoms with Gasteiger partial charge in [0, 0.05) is 16.9 Å². The lowest BCUT2D eigenvalue weighted by Crippen LogP contribution is -2.16.